The van der Waals surface area contributed by atoms with E-state index in [0.717, 1.165) is 0 Å². The molecule has 0 aliphatic carbocycles. The zero-order chi connectivity index (χ0) is 12.5. The van der Waals surface area contributed by atoms with Gasteiger partial charge in [0, 0.05) is 11.6 Å². The van der Waals surface area contributed by atoms with Crippen molar-refractivity contribution < 1.29 is 10.0 Å². The van der Waals surface area contributed by atoms with Gasteiger partial charge in [-0.25, -0.2) is 0 Å². The monoisotopic (exact) mass is 223 g/mol. The molecule has 0 spiro atoms. The molecule has 0 bridgehead atoms. The van der Waals surface area contributed by atoms with Crippen LogP contribution in [0.25, 0.3) is 0 Å². The Hall–Kier alpha value is -1.42. The molecule has 0 aliphatic rings. The van der Waals surface area contributed by atoms with E-state index < -0.39 is 5.60 Å². The molecule has 0 aromatic heterocycles. The summed E-state index contributed by atoms with van der Waals surface area (Å²) in [6.07, 6.45) is 0. The van der Waals surface area contributed by atoms with Gasteiger partial charge in [-0.15, -0.1) is 0 Å². The van der Waals surface area contributed by atoms with Gasteiger partial charge in [0.15, 0.2) is 0 Å². The maximum atomic E-state index is 10.8. The van der Waals surface area contributed by atoms with E-state index in [1.807, 2.05) is 13.8 Å². The molecule has 1 aromatic rings. The van der Waals surface area contributed by atoms with Crippen LogP contribution >= 0.6 is 0 Å². The van der Waals surface area contributed by atoms with Crippen LogP contribution in [-0.2, 0) is 5.60 Å². The third kappa shape index (κ3) is 2.58. The Morgan fingerprint density at radius 2 is 1.94 bits per heavy atom. The van der Waals surface area contributed by atoms with Crippen LogP contribution in [-0.4, -0.2) is 10.0 Å². The first kappa shape index (κ1) is 12.6. The summed E-state index contributed by atoms with van der Waals surface area (Å²) in [6.45, 7) is 7.13. The number of nitro benzene ring substituents is 1. The minimum Gasteiger partial charge on any atom is -0.386 e. The van der Waals surface area contributed by atoms with Gasteiger partial charge >= 0.3 is 0 Å². The third-order valence-electron chi connectivity index (χ3n) is 2.55. The molecule has 88 valence electrons. The molecule has 0 saturated heterocycles. The topological polar surface area (TPSA) is 63.4 Å². The van der Waals surface area contributed by atoms with Crippen LogP contribution in [0.3, 0.4) is 0 Å². The van der Waals surface area contributed by atoms with Crippen molar-refractivity contribution in [3.63, 3.8) is 0 Å². The standard InChI is InChI=1S/C12H17NO3/c1-8(2)10-7-9(12(3,4)14)5-6-11(10)13(15)16/h5-8,14H,1-4H3. The number of hydrogen-bond donors (Lipinski definition) is 1. The number of aliphatic hydroxyl groups is 1. The second-order valence-corrected chi connectivity index (χ2v) is 4.74. The lowest BCUT2D eigenvalue weighted by molar-refractivity contribution is -0.385. The normalized spacial score (nSPS) is 11.9. The van der Waals surface area contributed by atoms with Gasteiger partial charge in [0.25, 0.3) is 5.69 Å². The molecule has 4 nitrogen and oxygen atoms in total. The maximum absolute atomic E-state index is 10.8. The molecule has 0 amide bonds. The first-order valence-electron chi connectivity index (χ1n) is 5.24. The van der Waals surface area contributed by atoms with Gasteiger partial charge in [0.05, 0.1) is 10.5 Å². The summed E-state index contributed by atoms with van der Waals surface area (Å²) in [5.41, 5.74) is 0.494. The van der Waals surface area contributed by atoms with Crippen LogP contribution in [0.15, 0.2) is 18.2 Å². The fourth-order valence-corrected chi connectivity index (χ4v) is 1.56. The van der Waals surface area contributed by atoms with Gasteiger partial charge in [-0.3, -0.25) is 10.1 Å². The van der Waals surface area contributed by atoms with Crippen LogP contribution < -0.4 is 0 Å². The highest BCUT2D eigenvalue weighted by Crippen LogP contribution is 2.30. The largest absolute Gasteiger partial charge is 0.386 e. The van der Waals surface area contributed by atoms with Crippen molar-refractivity contribution in [2.24, 2.45) is 0 Å². The first-order valence-corrected chi connectivity index (χ1v) is 5.24. The van der Waals surface area contributed by atoms with Crippen LogP contribution in [0.5, 0.6) is 0 Å². The molecule has 4 heteroatoms. The second kappa shape index (κ2) is 4.22. The molecular formula is C12H17NO3. The molecular weight excluding hydrogens is 206 g/mol. The zero-order valence-electron chi connectivity index (χ0n) is 10.0. The summed E-state index contributed by atoms with van der Waals surface area (Å²) < 4.78 is 0. The molecule has 1 rings (SSSR count). The summed E-state index contributed by atoms with van der Waals surface area (Å²) in [4.78, 5) is 10.4. The summed E-state index contributed by atoms with van der Waals surface area (Å²) >= 11 is 0. The van der Waals surface area contributed by atoms with E-state index in [2.05, 4.69) is 0 Å². The van der Waals surface area contributed by atoms with Crippen molar-refractivity contribution >= 4 is 5.69 Å². The summed E-state index contributed by atoms with van der Waals surface area (Å²) in [6, 6.07) is 4.77. The fourth-order valence-electron chi connectivity index (χ4n) is 1.56. The average molecular weight is 223 g/mol. The molecule has 0 radical (unpaired) electrons. The van der Waals surface area contributed by atoms with Crippen LogP contribution in [0.2, 0.25) is 0 Å². The number of nitrogens with zero attached hydrogens (tertiary/aromatic N) is 1. The van der Waals surface area contributed by atoms with E-state index in [1.165, 1.54) is 6.07 Å². The predicted octanol–water partition coefficient (Wildman–Crippen LogP) is 2.95. The first-order chi connectivity index (χ1) is 7.23. The number of rotatable bonds is 3. The summed E-state index contributed by atoms with van der Waals surface area (Å²) in [7, 11) is 0. The van der Waals surface area contributed by atoms with Gasteiger partial charge in [-0.1, -0.05) is 13.8 Å². The van der Waals surface area contributed by atoms with E-state index >= 15 is 0 Å². The number of benzene rings is 1. The van der Waals surface area contributed by atoms with Crippen molar-refractivity contribution in [3.8, 4) is 0 Å². The SMILES string of the molecule is CC(C)c1cc(C(C)(C)O)ccc1[N+](=O)[O-]. The fraction of sp³-hybridized carbons (Fsp3) is 0.500. The van der Waals surface area contributed by atoms with Crippen molar-refractivity contribution in [2.75, 3.05) is 0 Å². The summed E-state index contributed by atoms with van der Waals surface area (Å²) in [5.74, 6) is 0.0581. The molecule has 0 atom stereocenters. The smallest absolute Gasteiger partial charge is 0.272 e. The van der Waals surface area contributed by atoms with Gasteiger partial charge in [-0.2, -0.15) is 0 Å². The minimum absolute atomic E-state index is 0.0581. The second-order valence-electron chi connectivity index (χ2n) is 4.74. The number of nitro groups is 1. The molecule has 0 heterocycles. The van der Waals surface area contributed by atoms with E-state index in [-0.39, 0.29) is 16.5 Å². The van der Waals surface area contributed by atoms with Gasteiger partial charge in [-0.05, 0) is 37.5 Å². The zero-order valence-corrected chi connectivity index (χ0v) is 10.0. The van der Waals surface area contributed by atoms with E-state index in [1.54, 1.807) is 26.0 Å². The lowest BCUT2D eigenvalue weighted by Gasteiger charge is -2.19. The highest BCUT2D eigenvalue weighted by Gasteiger charge is 2.22. The Morgan fingerprint density at radius 3 is 2.31 bits per heavy atom. The lowest BCUT2D eigenvalue weighted by atomic mass is 9.92. The Bertz CT molecular complexity index is 405. The number of hydrogen-bond acceptors (Lipinski definition) is 3. The van der Waals surface area contributed by atoms with Crippen molar-refractivity contribution in [1.29, 1.82) is 0 Å². The average Bonchev–Trinajstić information content (AvgIpc) is 2.15. The van der Waals surface area contributed by atoms with Crippen molar-refractivity contribution in [3.05, 3.63) is 39.4 Å². The maximum Gasteiger partial charge on any atom is 0.272 e. The van der Waals surface area contributed by atoms with Gasteiger partial charge < -0.3 is 5.11 Å². The molecule has 1 aromatic carbocycles. The molecule has 0 saturated carbocycles. The Morgan fingerprint density at radius 1 is 1.38 bits per heavy atom. The van der Waals surface area contributed by atoms with Crippen molar-refractivity contribution in [1.82, 2.24) is 0 Å². The van der Waals surface area contributed by atoms with E-state index in [4.69, 9.17) is 0 Å². The van der Waals surface area contributed by atoms with E-state index in [9.17, 15) is 15.2 Å². The molecule has 0 unspecified atom stereocenters. The Kier molecular flexibility index (Phi) is 3.33. The van der Waals surface area contributed by atoms with Crippen LogP contribution in [0, 0.1) is 10.1 Å². The van der Waals surface area contributed by atoms with Gasteiger partial charge in [0.1, 0.15) is 0 Å². The lowest BCUT2D eigenvalue weighted by Crippen LogP contribution is -2.16. The van der Waals surface area contributed by atoms with Gasteiger partial charge in [0.2, 0.25) is 0 Å². The molecule has 0 aliphatic heterocycles. The third-order valence-corrected chi connectivity index (χ3v) is 2.55. The van der Waals surface area contributed by atoms with Crippen molar-refractivity contribution in [2.45, 2.75) is 39.2 Å². The molecule has 1 N–H and O–H groups in total. The molecule has 16 heavy (non-hydrogen) atoms. The quantitative estimate of drug-likeness (QED) is 0.633. The van der Waals surface area contributed by atoms with Crippen LogP contribution in [0.1, 0.15) is 44.7 Å². The van der Waals surface area contributed by atoms with Crippen LogP contribution in [0.4, 0.5) is 5.69 Å². The predicted molar refractivity (Wildman–Crippen MR) is 62.4 cm³/mol. The minimum atomic E-state index is -0.973. The highest BCUT2D eigenvalue weighted by atomic mass is 16.6. The Balaban J connectivity index is 3.34. The molecule has 0 fully saturated rings. The van der Waals surface area contributed by atoms with E-state index in [0.29, 0.717) is 11.1 Å². The highest BCUT2D eigenvalue weighted by molar-refractivity contribution is 5.45. The Labute approximate surface area is 95.1 Å². The summed E-state index contributed by atoms with van der Waals surface area (Å²) in [5, 5.41) is 20.7.